The van der Waals surface area contributed by atoms with Gasteiger partial charge in [-0.25, -0.2) is 0 Å². The zero-order valence-electron chi connectivity index (χ0n) is 24.7. The van der Waals surface area contributed by atoms with E-state index in [-0.39, 0.29) is 42.9 Å². The smallest absolute Gasteiger partial charge is 0.243 e. The van der Waals surface area contributed by atoms with Gasteiger partial charge in [0.2, 0.25) is 23.6 Å². The summed E-state index contributed by atoms with van der Waals surface area (Å²) in [5, 5.41) is 15.4. The van der Waals surface area contributed by atoms with Gasteiger partial charge in [-0.1, -0.05) is 72.8 Å². The van der Waals surface area contributed by atoms with Crippen molar-refractivity contribution in [1.82, 2.24) is 15.5 Å². The first-order valence-corrected chi connectivity index (χ1v) is 15.0. The van der Waals surface area contributed by atoms with Crippen LogP contribution in [0.3, 0.4) is 0 Å². The lowest BCUT2D eigenvalue weighted by Gasteiger charge is -2.28. The molecule has 0 spiro atoms. The highest BCUT2D eigenvalue weighted by atomic mass is 16.3. The summed E-state index contributed by atoms with van der Waals surface area (Å²) >= 11 is 0. The normalized spacial score (nSPS) is 16.5. The van der Waals surface area contributed by atoms with Crippen LogP contribution in [0.15, 0.2) is 84.9 Å². The minimum absolute atomic E-state index is 0.0154. The number of carbonyl (C=O) groups excluding carboxylic acids is 4. The van der Waals surface area contributed by atoms with Crippen LogP contribution in [0, 0.1) is 5.92 Å². The number of benzene rings is 3. The summed E-state index contributed by atoms with van der Waals surface area (Å²) < 4.78 is 0. The van der Waals surface area contributed by atoms with Crippen LogP contribution >= 0.6 is 0 Å². The summed E-state index contributed by atoms with van der Waals surface area (Å²) in [6.45, 7) is 0.499. The molecule has 1 fully saturated rings. The molecule has 3 aromatic carbocycles. The number of nitrogens with two attached hydrogens (primary N) is 2. The number of aromatic hydroxyl groups is 1. The van der Waals surface area contributed by atoms with Gasteiger partial charge in [0.1, 0.15) is 11.8 Å². The van der Waals surface area contributed by atoms with Gasteiger partial charge in [-0.15, -0.1) is 0 Å². The maximum atomic E-state index is 13.6. The van der Waals surface area contributed by atoms with Crippen LogP contribution in [0.2, 0.25) is 0 Å². The standard InChI is InChI=1S/C34H41N5O5/c35-29(20-25-13-15-28(40)16-14-25)34(44)39-17-7-12-30(39)33(43)38-27(19-24-10-5-2-6-11-24)21-31(41)37-22-26(32(36)42)18-23-8-3-1-4-9-23/h1-6,8-11,13-16,26-27,29-30,40H,7,12,17-22,35H2,(H2,36,42)(H,37,41)(H,38,43)/t26-,27-,29-,30-/m0/s1. The van der Waals surface area contributed by atoms with E-state index in [1.807, 2.05) is 60.7 Å². The number of amides is 4. The largest absolute Gasteiger partial charge is 0.508 e. The van der Waals surface area contributed by atoms with E-state index in [1.54, 1.807) is 24.3 Å². The van der Waals surface area contributed by atoms with Gasteiger partial charge in [-0.3, -0.25) is 19.2 Å². The molecule has 10 heteroatoms. The number of phenols is 1. The van der Waals surface area contributed by atoms with Crippen LogP contribution in [-0.4, -0.2) is 64.9 Å². The highest BCUT2D eigenvalue weighted by molar-refractivity contribution is 5.91. The predicted octanol–water partition coefficient (Wildman–Crippen LogP) is 1.83. The number of primary amides is 1. The zero-order valence-corrected chi connectivity index (χ0v) is 24.7. The topological polar surface area (TPSA) is 168 Å². The van der Waals surface area contributed by atoms with Crippen LogP contribution < -0.4 is 22.1 Å². The molecular formula is C34H41N5O5. The van der Waals surface area contributed by atoms with Crippen molar-refractivity contribution in [2.24, 2.45) is 17.4 Å². The molecule has 7 N–H and O–H groups in total. The van der Waals surface area contributed by atoms with Crippen molar-refractivity contribution in [2.45, 2.75) is 56.7 Å². The quantitative estimate of drug-likeness (QED) is 0.189. The predicted molar refractivity (Wildman–Crippen MR) is 167 cm³/mol. The molecule has 1 saturated heterocycles. The summed E-state index contributed by atoms with van der Waals surface area (Å²) in [5.41, 5.74) is 14.6. The number of hydrogen-bond acceptors (Lipinski definition) is 6. The highest BCUT2D eigenvalue weighted by Crippen LogP contribution is 2.20. The van der Waals surface area contributed by atoms with Crippen molar-refractivity contribution in [3.8, 4) is 5.75 Å². The Labute approximate surface area is 257 Å². The Morgan fingerprint density at radius 3 is 2.05 bits per heavy atom. The summed E-state index contributed by atoms with van der Waals surface area (Å²) in [6, 6.07) is 23.4. The molecule has 0 radical (unpaired) electrons. The Bertz CT molecular complexity index is 1400. The molecule has 4 amide bonds. The van der Waals surface area contributed by atoms with Gasteiger partial charge >= 0.3 is 0 Å². The number of nitrogens with zero attached hydrogens (tertiary/aromatic N) is 1. The third-order valence-corrected chi connectivity index (χ3v) is 7.92. The first kappa shape index (κ1) is 32.2. The van der Waals surface area contributed by atoms with Gasteiger partial charge in [0.25, 0.3) is 0 Å². The zero-order chi connectivity index (χ0) is 31.5. The second kappa shape index (κ2) is 15.7. The molecule has 0 aliphatic carbocycles. The number of carbonyl (C=O) groups is 4. The molecule has 1 heterocycles. The van der Waals surface area contributed by atoms with Crippen LogP contribution in [0.4, 0.5) is 0 Å². The Morgan fingerprint density at radius 2 is 1.43 bits per heavy atom. The third kappa shape index (κ3) is 9.40. The van der Waals surface area contributed by atoms with Crippen LogP contribution in [0.1, 0.15) is 36.0 Å². The molecule has 44 heavy (non-hydrogen) atoms. The van der Waals surface area contributed by atoms with Gasteiger partial charge in [0, 0.05) is 25.6 Å². The van der Waals surface area contributed by atoms with Gasteiger partial charge < -0.3 is 32.1 Å². The second-order valence-corrected chi connectivity index (χ2v) is 11.4. The van der Waals surface area contributed by atoms with Crippen LogP contribution in [0.5, 0.6) is 5.75 Å². The molecule has 10 nitrogen and oxygen atoms in total. The highest BCUT2D eigenvalue weighted by Gasteiger charge is 2.37. The lowest BCUT2D eigenvalue weighted by atomic mass is 9.98. The summed E-state index contributed by atoms with van der Waals surface area (Å²) in [4.78, 5) is 53.5. The van der Waals surface area contributed by atoms with Crippen molar-refractivity contribution in [1.29, 1.82) is 0 Å². The maximum absolute atomic E-state index is 13.6. The van der Waals surface area contributed by atoms with Crippen LogP contribution in [-0.2, 0) is 38.4 Å². The monoisotopic (exact) mass is 599 g/mol. The third-order valence-electron chi connectivity index (χ3n) is 7.92. The molecule has 1 aliphatic heterocycles. The van der Waals surface area contributed by atoms with E-state index < -0.39 is 30.0 Å². The van der Waals surface area contributed by atoms with Crippen molar-refractivity contribution in [2.75, 3.05) is 13.1 Å². The second-order valence-electron chi connectivity index (χ2n) is 11.4. The number of phenolic OH excluding ortho intramolecular Hbond substituents is 1. The van der Waals surface area contributed by atoms with E-state index in [0.29, 0.717) is 32.2 Å². The average molecular weight is 600 g/mol. The van der Waals surface area contributed by atoms with Crippen molar-refractivity contribution < 1.29 is 24.3 Å². The van der Waals surface area contributed by atoms with E-state index in [1.165, 1.54) is 4.90 Å². The summed E-state index contributed by atoms with van der Waals surface area (Å²) in [6.07, 6.45) is 2.23. The van der Waals surface area contributed by atoms with Gasteiger partial charge in [-0.05, 0) is 60.9 Å². The molecule has 4 rings (SSSR count). The Kier molecular flexibility index (Phi) is 11.5. The fourth-order valence-electron chi connectivity index (χ4n) is 5.56. The SMILES string of the molecule is NC(=O)[C@H](CNC(=O)C[C@H](Cc1ccccc1)NC(=O)[C@@H]1CCCN1C(=O)[C@@H](N)Cc1ccc(O)cc1)Cc1ccccc1. The van der Waals surface area contributed by atoms with E-state index in [4.69, 9.17) is 11.5 Å². The van der Waals surface area contributed by atoms with Crippen molar-refractivity contribution in [3.05, 3.63) is 102 Å². The van der Waals surface area contributed by atoms with Crippen molar-refractivity contribution >= 4 is 23.6 Å². The lowest BCUT2D eigenvalue weighted by Crippen LogP contribution is -2.54. The fourth-order valence-corrected chi connectivity index (χ4v) is 5.56. The van der Waals surface area contributed by atoms with E-state index in [0.717, 1.165) is 16.7 Å². The van der Waals surface area contributed by atoms with Gasteiger partial charge in [0.05, 0.1) is 12.0 Å². The molecule has 0 saturated carbocycles. The lowest BCUT2D eigenvalue weighted by molar-refractivity contribution is -0.139. The van der Waals surface area contributed by atoms with Crippen LogP contribution in [0.25, 0.3) is 0 Å². The Balaban J connectivity index is 1.38. The minimum atomic E-state index is -0.840. The average Bonchev–Trinajstić information content (AvgIpc) is 3.51. The number of rotatable bonds is 14. The van der Waals surface area contributed by atoms with Gasteiger partial charge in [-0.2, -0.15) is 0 Å². The molecule has 0 bridgehead atoms. The first-order chi connectivity index (χ1) is 21.2. The fraction of sp³-hybridized carbons (Fsp3) is 0.353. The van der Waals surface area contributed by atoms with Crippen molar-refractivity contribution in [3.63, 3.8) is 0 Å². The molecule has 1 aliphatic rings. The molecule has 3 aromatic rings. The van der Waals surface area contributed by atoms with Gasteiger partial charge in [0.15, 0.2) is 0 Å². The van der Waals surface area contributed by atoms with E-state index in [9.17, 15) is 24.3 Å². The summed E-state index contributed by atoms with van der Waals surface area (Å²) in [7, 11) is 0. The Morgan fingerprint density at radius 1 is 0.841 bits per heavy atom. The van der Waals surface area contributed by atoms with E-state index in [2.05, 4.69) is 10.6 Å². The minimum Gasteiger partial charge on any atom is -0.508 e. The molecule has 0 unspecified atom stereocenters. The maximum Gasteiger partial charge on any atom is 0.243 e. The molecule has 0 aromatic heterocycles. The summed E-state index contributed by atoms with van der Waals surface area (Å²) in [5.74, 6) is -1.92. The Hall–Kier alpha value is -4.70. The molecular weight excluding hydrogens is 558 g/mol. The van der Waals surface area contributed by atoms with E-state index >= 15 is 0 Å². The number of nitrogens with one attached hydrogen (secondary N) is 2. The molecule has 232 valence electrons. The molecule has 4 atom stereocenters. The number of likely N-dealkylation sites (tertiary alicyclic amines) is 1. The first-order valence-electron chi connectivity index (χ1n) is 15.0. The number of hydrogen-bond donors (Lipinski definition) is 5.